The Morgan fingerprint density at radius 1 is 1.03 bits per heavy atom. The van der Waals surface area contributed by atoms with Crippen molar-refractivity contribution in [1.29, 1.82) is 0 Å². The molecule has 0 spiro atoms. The van der Waals surface area contributed by atoms with Crippen LogP contribution in [0.15, 0.2) is 47.5 Å². The molecule has 29 heavy (non-hydrogen) atoms. The van der Waals surface area contributed by atoms with Gasteiger partial charge in [0.2, 0.25) is 0 Å². The number of carbonyl (C=O) groups is 1. The maximum atomic E-state index is 11.7. The number of nitrogens with zero attached hydrogens (tertiary/aromatic N) is 2. The second kappa shape index (κ2) is 7.51. The third-order valence-electron chi connectivity index (χ3n) is 6.47. The highest BCUT2D eigenvalue weighted by molar-refractivity contribution is 5.99. The van der Waals surface area contributed by atoms with Crippen molar-refractivity contribution in [2.45, 2.75) is 57.4 Å². The van der Waals surface area contributed by atoms with Crippen LogP contribution in [-0.2, 0) is 6.54 Å². The Labute approximate surface area is 170 Å². The fourth-order valence-corrected chi connectivity index (χ4v) is 5.13. The zero-order valence-electron chi connectivity index (χ0n) is 16.6. The van der Waals surface area contributed by atoms with Crippen LogP contribution in [0.3, 0.4) is 0 Å². The summed E-state index contributed by atoms with van der Waals surface area (Å²) in [5, 5.41) is 10.8. The average Bonchev–Trinajstić information content (AvgIpc) is 3.11. The summed E-state index contributed by atoms with van der Waals surface area (Å²) in [6.07, 6.45) is 10.2. The summed E-state index contributed by atoms with van der Waals surface area (Å²) in [6.45, 7) is 0.877. The fraction of sp³-hybridized carbons (Fsp3) is 0.360. The highest BCUT2D eigenvalue weighted by Crippen LogP contribution is 2.46. The number of aromatic carboxylic acids is 1. The summed E-state index contributed by atoms with van der Waals surface area (Å²) in [5.74, 6) is -0.343. The minimum absolute atomic E-state index is 0.359. The zero-order chi connectivity index (χ0) is 19.8. The highest BCUT2D eigenvalue weighted by Gasteiger charge is 2.28. The van der Waals surface area contributed by atoms with Gasteiger partial charge in [0.15, 0.2) is 0 Å². The van der Waals surface area contributed by atoms with Crippen LogP contribution in [0.2, 0.25) is 0 Å². The van der Waals surface area contributed by atoms with Crippen LogP contribution in [0.1, 0.15) is 66.8 Å². The Morgan fingerprint density at radius 2 is 1.86 bits per heavy atom. The number of aryl methyl sites for hydroxylation is 1. The number of carboxylic acid groups (broad SMARTS) is 1. The number of aliphatic imine (C=N–C) groups is 1. The van der Waals surface area contributed by atoms with E-state index in [0.717, 1.165) is 30.6 Å². The summed E-state index contributed by atoms with van der Waals surface area (Å²) in [6, 6.07) is 14.1. The van der Waals surface area contributed by atoms with Gasteiger partial charge in [-0.2, -0.15) is 0 Å². The molecule has 3 aromatic rings. The Hall–Kier alpha value is -2.88. The number of para-hydroxylation sites is 1. The van der Waals surface area contributed by atoms with Crippen molar-refractivity contribution in [2.24, 2.45) is 4.99 Å². The second-order valence-electron chi connectivity index (χ2n) is 8.26. The monoisotopic (exact) mass is 386 g/mol. The average molecular weight is 386 g/mol. The third-order valence-corrected chi connectivity index (χ3v) is 6.47. The van der Waals surface area contributed by atoms with Gasteiger partial charge in [-0.1, -0.05) is 43.5 Å². The van der Waals surface area contributed by atoms with Crippen LogP contribution < -0.4 is 0 Å². The first-order valence-corrected chi connectivity index (χ1v) is 10.8. The number of hydrogen-bond acceptors (Lipinski definition) is 2. The van der Waals surface area contributed by atoms with E-state index < -0.39 is 5.97 Å². The van der Waals surface area contributed by atoms with Crippen molar-refractivity contribution in [1.82, 2.24) is 4.57 Å². The lowest BCUT2D eigenvalue weighted by Gasteiger charge is -2.24. The summed E-state index contributed by atoms with van der Waals surface area (Å²) in [7, 11) is 0. The number of hydrogen-bond donors (Lipinski definition) is 1. The van der Waals surface area contributed by atoms with Crippen LogP contribution in [0.5, 0.6) is 0 Å². The lowest BCUT2D eigenvalue weighted by Crippen LogP contribution is -2.07. The van der Waals surface area contributed by atoms with Crippen molar-refractivity contribution in [3.63, 3.8) is 0 Å². The number of carboxylic acids is 1. The van der Waals surface area contributed by atoms with E-state index in [4.69, 9.17) is 4.99 Å². The Morgan fingerprint density at radius 3 is 2.69 bits per heavy atom. The molecule has 0 radical (unpaired) electrons. The molecule has 2 aliphatic rings. The van der Waals surface area contributed by atoms with Gasteiger partial charge < -0.3 is 9.67 Å². The van der Waals surface area contributed by atoms with E-state index in [1.807, 2.05) is 24.4 Å². The summed E-state index contributed by atoms with van der Waals surface area (Å²) < 4.78 is 2.37. The molecule has 2 aromatic carbocycles. The van der Waals surface area contributed by atoms with Gasteiger partial charge >= 0.3 is 5.97 Å². The molecular weight excluding hydrogens is 360 g/mol. The predicted molar refractivity (Wildman–Crippen MR) is 118 cm³/mol. The van der Waals surface area contributed by atoms with E-state index in [2.05, 4.69) is 22.8 Å². The van der Waals surface area contributed by atoms with E-state index in [0.29, 0.717) is 11.5 Å². The lowest BCUT2D eigenvalue weighted by atomic mass is 9.81. The first-order valence-electron chi connectivity index (χ1n) is 10.8. The minimum atomic E-state index is -0.867. The van der Waals surface area contributed by atoms with Crippen molar-refractivity contribution < 1.29 is 9.90 Å². The zero-order valence-corrected chi connectivity index (χ0v) is 16.6. The van der Waals surface area contributed by atoms with Crippen molar-refractivity contribution >= 4 is 28.8 Å². The second-order valence-corrected chi connectivity index (χ2v) is 8.26. The van der Waals surface area contributed by atoms with Gasteiger partial charge in [-0.25, -0.2) is 4.79 Å². The molecule has 1 aliphatic heterocycles. The van der Waals surface area contributed by atoms with E-state index in [1.54, 1.807) is 6.07 Å². The van der Waals surface area contributed by atoms with Crippen LogP contribution >= 0.6 is 0 Å². The highest BCUT2D eigenvalue weighted by atomic mass is 16.4. The van der Waals surface area contributed by atoms with Gasteiger partial charge in [0, 0.05) is 29.2 Å². The molecule has 0 bridgehead atoms. The smallest absolute Gasteiger partial charge is 0.335 e. The molecule has 4 heteroatoms. The molecule has 1 fully saturated rings. The molecule has 0 atom stereocenters. The number of rotatable bonds is 2. The third kappa shape index (κ3) is 3.17. The van der Waals surface area contributed by atoms with Crippen LogP contribution in [0.4, 0.5) is 5.69 Å². The summed E-state index contributed by atoms with van der Waals surface area (Å²) >= 11 is 0. The van der Waals surface area contributed by atoms with Gasteiger partial charge in [-0.15, -0.1) is 0 Å². The molecular formula is C25H26N2O2. The van der Waals surface area contributed by atoms with Crippen LogP contribution in [-0.4, -0.2) is 21.9 Å². The van der Waals surface area contributed by atoms with Gasteiger partial charge in [0.1, 0.15) is 0 Å². The van der Waals surface area contributed by atoms with E-state index in [-0.39, 0.29) is 0 Å². The largest absolute Gasteiger partial charge is 0.478 e. The Kier molecular flexibility index (Phi) is 4.70. The van der Waals surface area contributed by atoms with Crippen LogP contribution in [0.25, 0.3) is 22.2 Å². The Bertz CT molecular complexity index is 1100. The molecule has 1 saturated carbocycles. The van der Waals surface area contributed by atoms with Gasteiger partial charge in [0.25, 0.3) is 0 Å². The van der Waals surface area contributed by atoms with E-state index >= 15 is 0 Å². The molecule has 0 unspecified atom stereocenters. The molecule has 4 nitrogen and oxygen atoms in total. The SMILES string of the molecule is O=C(O)c1ccc2c(C3CCCCC3)c3n(c2c1)CCCC=Nc1ccccc1-3. The normalized spacial score (nSPS) is 17.2. The van der Waals surface area contributed by atoms with Crippen molar-refractivity contribution in [3.05, 3.63) is 53.6 Å². The quantitative estimate of drug-likeness (QED) is 0.543. The topological polar surface area (TPSA) is 54.6 Å². The van der Waals surface area contributed by atoms with Gasteiger partial charge in [0.05, 0.1) is 16.9 Å². The number of benzene rings is 2. The van der Waals surface area contributed by atoms with Gasteiger partial charge in [-0.3, -0.25) is 4.99 Å². The standard InChI is InChI=1S/C25H26N2O2/c28-25(29)18-12-13-20-22(16-18)27-15-7-6-14-26-21-11-5-4-10-19(21)24(27)23(20)17-8-2-1-3-9-17/h4-5,10-14,16-17H,1-3,6-9,15H2,(H,28,29). The minimum Gasteiger partial charge on any atom is -0.478 e. The first-order chi connectivity index (χ1) is 14.2. The van der Waals surface area contributed by atoms with E-state index in [9.17, 15) is 9.90 Å². The molecule has 0 amide bonds. The molecule has 148 valence electrons. The molecule has 1 N–H and O–H groups in total. The maximum Gasteiger partial charge on any atom is 0.335 e. The van der Waals surface area contributed by atoms with E-state index in [1.165, 1.54) is 54.3 Å². The number of fused-ring (bicyclic) bond motifs is 5. The predicted octanol–water partition coefficient (Wildman–Crippen LogP) is 6.55. The summed E-state index contributed by atoms with van der Waals surface area (Å²) in [5.41, 5.74) is 6.24. The number of aromatic nitrogens is 1. The van der Waals surface area contributed by atoms with Gasteiger partial charge in [-0.05, 0) is 55.4 Å². The molecule has 1 aliphatic carbocycles. The van der Waals surface area contributed by atoms with Crippen molar-refractivity contribution in [3.8, 4) is 11.3 Å². The van der Waals surface area contributed by atoms with Crippen molar-refractivity contribution in [2.75, 3.05) is 0 Å². The maximum absolute atomic E-state index is 11.7. The Balaban J connectivity index is 1.86. The fourth-order valence-electron chi connectivity index (χ4n) is 5.13. The first kappa shape index (κ1) is 18.2. The van der Waals surface area contributed by atoms with Crippen LogP contribution in [0, 0.1) is 0 Å². The summed E-state index contributed by atoms with van der Waals surface area (Å²) in [4.78, 5) is 16.4. The molecule has 0 saturated heterocycles. The molecule has 5 rings (SSSR count). The lowest BCUT2D eigenvalue weighted by molar-refractivity contribution is 0.0697. The molecule has 1 aromatic heterocycles. The molecule has 2 heterocycles.